The highest BCUT2D eigenvalue weighted by molar-refractivity contribution is 9.10. The van der Waals surface area contributed by atoms with Crippen LogP contribution in [0.1, 0.15) is 13.3 Å². The number of hydrogen-bond acceptors (Lipinski definition) is 4. The summed E-state index contributed by atoms with van der Waals surface area (Å²) in [5.74, 6) is 0. The Labute approximate surface area is 110 Å². The van der Waals surface area contributed by atoms with Crippen LogP contribution < -0.4 is 5.73 Å². The third-order valence-corrected chi connectivity index (χ3v) is 5.30. The van der Waals surface area contributed by atoms with Crippen molar-refractivity contribution < 1.29 is 13.2 Å². The highest BCUT2D eigenvalue weighted by Crippen LogP contribution is 2.27. The van der Waals surface area contributed by atoms with Gasteiger partial charge < -0.3 is 10.5 Å². The van der Waals surface area contributed by atoms with E-state index in [2.05, 4.69) is 15.9 Å². The van der Waals surface area contributed by atoms with E-state index in [0.29, 0.717) is 17.5 Å². The molecule has 0 amide bonds. The monoisotopic (exact) mass is 321 g/mol. The van der Waals surface area contributed by atoms with Gasteiger partial charge >= 0.3 is 0 Å². The maximum atomic E-state index is 12.3. The van der Waals surface area contributed by atoms with Gasteiger partial charge in [-0.25, -0.2) is 8.42 Å². The van der Waals surface area contributed by atoms with Gasteiger partial charge in [0.1, 0.15) is 0 Å². The molecular formula is C11H16BrNO3S. The third-order valence-electron chi connectivity index (χ3n) is 2.54. The molecule has 0 heterocycles. The summed E-state index contributed by atoms with van der Waals surface area (Å²) in [5, 5.41) is -0.515. The van der Waals surface area contributed by atoms with Gasteiger partial charge in [0.15, 0.2) is 9.84 Å². The Hall–Kier alpha value is -0.590. The SMILES string of the molecule is COCCC(C)S(=O)(=O)c1cc(Br)ccc1N. The number of nitrogens with two attached hydrogens (primary N) is 1. The average molecular weight is 322 g/mol. The van der Waals surface area contributed by atoms with Gasteiger partial charge in [0.05, 0.1) is 15.8 Å². The molecule has 0 saturated carbocycles. The molecule has 0 saturated heterocycles. The molecule has 0 bridgehead atoms. The van der Waals surface area contributed by atoms with Crippen LogP contribution in [0.3, 0.4) is 0 Å². The van der Waals surface area contributed by atoms with Gasteiger partial charge in [-0.2, -0.15) is 0 Å². The first kappa shape index (κ1) is 14.5. The van der Waals surface area contributed by atoms with Crippen molar-refractivity contribution in [2.24, 2.45) is 0 Å². The topological polar surface area (TPSA) is 69.4 Å². The molecule has 0 aliphatic rings. The number of halogens is 1. The predicted octanol–water partition coefficient (Wildman–Crippen LogP) is 2.23. The number of methoxy groups -OCH3 is 1. The fourth-order valence-electron chi connectivity index (χ4n) is 1.41. The standard InChI is InChI=1S/C11H16BrNO3S/c1-8(5-6-16-2)17(14,15)11-7-9(12)3-4-10(11)13/h3-4,7-8H,5-6,13H2,1-2H3. The zero-order chi connectivity index (χ0) is 13.1. The summed E-state index contributed by atoms with van der Waals surface area (Å²) in [6.45, 7) is 2.07. The highest BCUT2D eigenvalue weighted by atomic mass is 79.9. The van der Waals surface area contributed by atoms with Crippen LogP contribution >= 0.6 is 15.9 Å². The molecule has 1 aromatic carbocycles. The van der Waals surface area contributed by atoms with Crippen LogP contribution in [0.2, 0.25) is 0 Å². The summed E-state index contributed by atoms with van der Waals surface area (Å²) >= 11 is 3.25. The quantitative estimate of drug-likeness (QED) is 0.844. The van der Waals surface area contributed by atoms with Crippen LogP contribution in [-0.4, -0.2) is 27.4 Å². The second-order valence-corrected chi connectivity index (χ2v) is 7.07. The van der Waals surface area contributed by atoms with Gasteiger partial charge in [0.2, 0.25) is 0 Å². The molecule has 1 aromatic rings. The lowest BCUT2D eigenvalue weighted by molar-refractivity contribution is 0.194. The first-order valence-electron chi connectivity index (χ1n) is 5.17. The highest BCUT2D eigenvalue weighted by Gasteiger charge is 2.25. The Morgan fingerprint density at radius 1 is 1.47 bits per heavy atom. The molecule has 0 aliphatic heterocycles. The van der Waals surface area contributed by atoms with E-state index in [0.717, 1.165) is 0 Å². The average Bonchev–Trinajstić information content (AvgIpc) is 2.28. The molecule has 0 fully saturated rings. The summed E-state index contributed by atoms with van der Waals surface area (Å²) in [6, 6.07) is 4.84. The minimum Gasteiger partial charge on any atom is -0.398 e. The van der Waals surface area contributed by atoms with E-state index >= 15 is 0 Å². The van der Waals surface area contributed by atoms with E-state index in [1.54, 1.807) is 26.2 Å². The predicted molar refractivity (Wildman–Crippen MR) is 71.7 cm³/mol. The van der Waals surface area contributed by atoms with Crippen molar-refractivity contribution in [2.45, 2.75) is 23.5 Å². The van der Waals surface area contributed by atoms with Crippen LogP contribution in [0.15, 0.2) is 27.6 Å². The second kappa shape index (κ2) is 5.84. The van der Waals surface area contributed by atoms with E-state index in [1.807, 2.05) is 0 Å². The van der Waals surface area contributed by atoms with Crippen molar-refractivity contribution in [3.63, 3.8) is 0 Å². The third kappa shape index (κ3) is 3.43. The molecule has 4 nitrogen and oxygen atoms in total. The molecule has 6 heteroatoms. The number of ether oxygens (including phenoxy) is 1. The van der Waals surface area contributed by atoms with Crippen molar-refractivity contribution in [2.75, 3.05) is 19.5 Å². The molecule has 17 heavy (non-hydrogen) atoms. The first-order valence-corrected chi connectivity index (χ1v) is 7.51. The van der Waals surface area contributed by atoms with Gasteiger partial charge in [0, 0.05) is 18.2 Å². The summed E-state index contributed by atoms with van der Waals surface area (Å²) < 4.78 is 30.1. The molecule has 1 rings (SSSR count). The Bertz CT molecular complexity index is 487. The van der Waals surface area contributed by atoms with Gasteiger partial charge in [-0.3, -0.25) is 0 Å². The largest absolute Gasteiger partial charge is 0.398 e. The Morgan fingerprint density at radius 3 is 2.71 bits per heavy atom. The van der Waals surface area contributed by atoms with Crippen molar-refractivity contribution >= 4 is 31.5 Å². The van der Waals surface area contributed by atoms with E-state index in [9.17, 15) is 8.42 Å². The maximum Gasteiger partial charge on any atom is 0.183 e. The number of nitrogen functional groups attached to an aromatic ring is 1. The molecule has 1 unspecified atom stereocenters. The second-order valence-electron chi connectivity index (χ2n) is 3.82. The van der Waals surface area contributed by atoms with Gasteiger partial charge in [0.25, 0.3) is 0 Å². The van der Waals surface area contributed by atoms with Crippen LogP contribution in [0.25, 0.3) is 0 Å². The minimum absolute atomic E-state index is 0.176. The molecular weight excluding hydrogens is 306 g/mol. The normalized spacial score (nSPS) is 13.6. The number of hydrogen-bond donors (Lipinski definition) is 1. The summed E-state index contributed by atoms with van der Waals surface area (Å²) in [6.07, 6.45) is 0.449. The van der Waals surface area contributed by atoms with Crippen LogP contribution in [-0.2, 0) is 14.6 Å². The summed E-state index contributed by atoms with van der Waals surface area (Å²) in [5.41, 5.74) is 5.99. The summed E-state index contributed by atoms with van der Waals surface area (Å²) in [4.78, 5) is 0.176. The smallest absolute Gasteiger partial charge is 0.183 e. The molecule has 0 aromatic heterocycles. The number of anilines is 1. The van der Waals surface area contributed by atoms with E-state index in [1.165, 1.54) is 6.07 Å². The van der Waals surface area contributed by atoms with Crippen LogP contribution in [0, 0.1) is 0 Å². The van der Waals surface area contributed by atoms with Crippen LogP contribution in [0.5, 0.6) is 0 Å². The lowest BCUT2D eigenvalue weighted by Gasteiger charge is -2.14. The van der Waals surface area contributed by atoms with Crippen molar-refractivity contribution in [3.8, 4) is 0 Å². The fraction of sp³-hybridized carbons (Fsp3) is 0.455. The van der Waals surface area contributed by atoms with Gasteiger partial charge in [-0.1, -0.05) is 15.9 Å². The number of rotatable bonds is 5. The Morgan fingerprint density at radius 2 is 2.12 bits per heavy atom. The van der Waals surface area contributed by atoms with Gasteiger partial charge in [-0.05, 0) is 31.5 Å². The molecule has 0 spiro atoms. The van der Waals surface area contributed by atoms with Crippen molar-refractivity contribution in [1.29, 1.82) is 0 Å². The molecule has 0 aliphatic carbocycles. The molecule has 1 atom stereocenters. The lowest BCUT2D eigenvalue weighted by Crippen LogP contribution is -2.20. The fourth-order valence-corrected chi connectivity index (χ4v) is 3.45. The Kier molecular flexibility index (Phi) is 4.97. The maximum absolute atomic E-state index is 12.3. The zero-order valence-electron chi connectivity index (χ0n) is 9.81. The summed E-state index contributed by atoms with van der Waals surface area (Å²) in [7, 11) is -1.85. The number of benzene rings is 1. The molecule has 0 radical (unpaired) electrons. The van der Waals surface area contributed by atoms with Crippen molar-refractivity contribution in [1.82, 2.24) is 0 Å². The van der Waals surface area contributed by atoms with Crippen molar-refractivity contribution in [3.05, 3.63) is 22.7 Å². The Balaban J connectivity index is 3.08. The molecule has 96 valence electrons. The minimum atomic E-state index is -3.40. The van der Waals surface area contributed by atoms with Gasteiger partial charge in [-0.15, -0.1) is 0 Å². The van der Waals surface area contributed by atoms with E-state index < -0.39 is 15.1 Å². The van der Waals surface area contributed by atoms with E-state index in [4.69, 9.17) is 10.5 Å². The van der Waals surface area contributed by atoms with Crippen LogP contribution in [0.4, 0.5) is 5.69 Å². The first-order chi connectivity index (χ1) is 7.89. The zero-order valence-corrected chi connectivity index (χ0v) is 12.2. The lowest BCUT2D eigenvalue weighted by atomic mass is 10.3. The number of sulfone groups is 1. The van der Waals surface area contributed by atoms with E-state index in [-0.39, 0.29) is 10.6 Å². The molecule has 2 N–H and O–H groups in total.